The molecule has 37 heavy (non-hydrogen) atoms. The lowest BCUT2D eigenvalue weighted by molar-refractivity contribution is -0.193. The van der Waals surface area contributed by atoms with Gasteiger partial charge in [0.15, 0.2) is 0 Å². The molecule has 0 aromatic carbocycles. The Kier molecular flexibility index (Phi) is 10.8. The molecule has 18 heteroatoms. The van der Waals surface area contributed by atoms with Crippen molar-refractivity contribution in [2.24, 2.45) is 5.92 Å². The first-order valence-corrected chi connectivity index (χ1v) is 12.0. The fraction of sp³-hybridized carbons (Fsp3) is 0.579. The first-order chi connectivity index (χ1) is 16.8. The van der Waals surface area contributed by atoms with Crippen LogP contribution in [0, 0.1) is 5.92 Å². The van der Waals surface area contributed by atoms with Crippen molar-refractivity contribution in [1.82, 2.24) is 19.5 Å². The van der Waals surface area contributed by atoms with Gasteiger partial charge in [0.2, 0.25) is 15.9 Å². The molecular weight excluding hydrogens is 542 g/mol. The molecule has 1 amide bonds. The van der Waals surface area contributed by atoms with Crippen molar-refractivity contribution in [3.63, 3.8) is 0 Å². The number of carbonyl (C=O) groups is 3. The zero-order valence-corrected chi connectivity index (χ0v) is 20.1. The summed E-state index contributed by atoms with van der Waals surface area (Å²) < 4.78 is 89.3. The number of rotatable bonds is 4. The second-order valence-electron chi connectivity index (χ2n) is 7.95. The Morgan fingerprint density at radius 1 is 1.08 bits per heavy atom. The summed E-state index contributed by atoms with van der Waals surface area (Å²) in [5, 5.41) is 16.8. The molecule has 3 heterocycles. The van der Waals surface area contributed by atoms with Crippen LogP contribution in [-0.4, -0.2) is 101 Å². The van der Waals surface area contributed by atoms with E-state index in [1.54, 1.807) is 13.2 Å². The Hall–Kier alpha value is -2.99. The average molecular weight is 566 g/mol. The van der Waals surface area contributed by atoms with E-state index < -0.39 is 40.4 Å². The lowest BCUT2D eigenvalue weighted by atomic mass is 10.0. The third-order valence-electron chi connectivity index (χ3n) is 5.19. The molecule has 3 rings (SSSR count). The van der Waals surface area contributed by atoms with Crippen LogP contribution in [0.5, 0.6) is 0 Å². The standard InChI is InChI=1S/C15H22N4O3S.2C2HF3O2/c1-16-15(20)13-6-12-9-18(8-11-4-3-5-17-7-11)10-14(12)19(13)23(2,21)22;2*3-2(4,5)1(6)7/h3-5,7,12-14H,6,8-10H2,1-2H3,(H,16,20);2*(H,6,7)/t12-,13-,14+;;/m1../s1. The molecule has 2 aliphatic rings. The van der Waals surface area contributed by atoms with Gasteiger partial charge in [0, 0.05) is 45.1 Å². The van der Waals surface area contributed by atoms with E-state index in [-0.39, 0.29) is 17.9 Å². The molecule has 0 unspecified atom stereocenters. The Morgan fingerprint density at radius 2 is 1.59 bits per heavy atom. The average Bonchev–Trinajstić information content (AvgIpc) is 3.30. The van der Waals surface area contributed by atoms with E-state index in [1.165, 1.54) is 10.6 Å². The summed E-state index contributed by atoms with van der Waals surface area (Å²) in [5.41, 5.74) is 1.11. The number of aliphatic carboxylic acids is 2. The molecule has 0 radical (unpaired) electrons. The fourth-order valence-corrected chi connectivity index (χ4v) is 5.20. The Morgan fingerprint density at radius 3 is 1.97 bits per heavy atom. The third kappa shape index (κ3) is 9.77. The van der Waals surface area contributed by atoms with Gasteiger partial charge in [0.1, 0.15) is 6.04 Å². The van der Waals surface area contributed by atoms with Crippen LogP contribution < -0.4 is 5.32 Å². The van der Waals surface area contributed by atoms with Crippen LogP contribution in [0.25, 0.3) is 0 Å². The van der Waals surface area contributed by atoms with Crippen LogP contribution in [0.2, 0.25) is 0 Å². The van der Waals surface area contributed by atoms with Crippen LogP contribution >= 0.6 is 0 Å². The molecule has 0 saturated carbocycles. The third-order valence-corrected chi connectivity index (χ3v) is 6.48. The highest BCUT2D eigenvalue weighted by Gasteiger charge is 2.52. The second-order valence-corrected chi connectivity index (χ2v) is 9.83. The van der Waals surface area contributed by atoms with Gasteiger partial charge in [0.05, 0.1) is 6.26 Å². The minimum Gasteiger partial charge on any atom is -0.475 e. The number of aromatic nitrogens is 1. The van der Waals surface area contributed by atoms with Crippen molar-refractivity contribution in [2.45, 2.75) is 37.4 Å². The number of amides is 1. The van der Waals surface area contributed by atoms with E-state index in [0.29, 0.717) is 13.0 Å². The highest BCUT2D eigenvalue weighted by Crippen LogP contribution is 2.38. The molecule has 0 spiro atoms. The summed E-state index contributed by atoms with van der Waals surface area (Å²) in [4.78, 5) is 36.2. The fourth-order valence-electron chi connectivity index (χ4n) is 3.83. The van der Waals surface area contributed by atoms with Gasteiger partial charge >= 0.3 is 24.3 Å². The lowest BCUT2D eigenvalue weighted by Crippen LogP contribution is -2.49. The van der Waals surface area contributed by atoms with E-state index in [2.05, 4.69) is 15.2 Å². The number of halogens is 6. The van der Waals surface area contributed by atoms with Gasteiger partial charge in [-0.05, 0) is 24.0 Å². The number of sulfonamides is 1. The number of nitrogens with one attached hydrogen (secondary N) is 1. The monoisotopic (exact) mass is 566 g/mol. The van der Waals surface area contributed by atoms with Gasteiger partial charge in [0.25, 0.3) is 0 Å². The van der Waals surface area contributed by atoms with E-state index in [1.807, 2.05) is 18.3 Å². The molecular formula is C19H24F6N4O7S. The van der Waals surface area contributed by atoms with Crippen LogP contribution in [0.1, 0.15) is 12.0 Å². The largest absolute Gasteiger partial charge is 0.490 e. The minimum atomic E-state index is -5.08. The van der Waals surface area contributed by atoms with Crippen molar-refractivity contribution in [2.75, 3.05) is 26.4 Å². The van der Waals surface area contributed by atoms with Crippen molar-refractivity contribution in [3.05, 3.63) is 30.1 Å². The molecule has 210 valence electrons. The maximum Gasteiger partial charge on any atom is 0.490 e. The summed E-state index contributed by atoms with van der Waals surface area (Å²) in [5.74, 6) is -5.53. The van der Waals surface area contributed by atoms with Gasteiger partial charge in [-0.2, -0.15) is 30.6 Å². The Bertz CT molecular complexity index is 1030. The Balaban J connectivity index is 0.000000404. The van der Waals surface area contributed by atoms with Gasteiger partial charge in [-0.15, -0.1) is 0 Å². The zero-order chi connectivity index (χ0) is 28.8. The lowest BCUT2D eigenvalue weighted by Gasteiger charge is -2.27. The molecule has 3 atom stereocenters. The van der Waals surface area contributed by atoms with E-state index in [4.69, 9.17) is 19.8 Å². The molecule has 2 saturated heterocycles. The quantitative estimate of drug-likeness (QED) is 0.451. The summed E-state index contributed by atoms with van der Waals surface area (Å²) >= 11 is 0. The van der Waals surface area contributed by atoms with Gasteiger partial charge in [-0.1, -0.05) is 6.07 Å². The van der Waals surface area contributed by atoms with Gasteiger partial charge in [-0.25, -0.2) is 18.0 Å². The summed E-state index contributed by atoms with van der Waals surface area (Å²) in [6.45, 7) is 2.21. The molecule has 2 aliphatic heterocycles. The number of alkyl halides is 6. The maximum absolute atomic E-state index is 12.2. The first-order valence-electron chi connectivity index (χ1n) is 10.2. The predicted octanol–water partition coefficient (Wildman–Crippen LogP) is 0.928. The van der Waals surface area contributed by atoms with Crippen molar-refractivity contribution >= 4 is 27.9 Å². The number of hydrogen-bond donors (Lipinski definition) is 3. The normalized spacial score (nSPS) is 22.1. The van der Waals surface area contributed by atoms with Crippen LogP contribution in [0.15, 0.2) is 24.5 Å². The molecule has 1 aromatic rings. The smallest absolute Gasteiger partial charge is 0.475 e. The van der Waals surface area contributed by atoms with E-state index >= 15 is 0 Å². The first kappa shape index (κ1) is 32.0. The van der Waals surface area contributed by atoms with Crippen LogP contribution in [-0.2, 0) is 31.0 Å². The summed E-state index contributed by atoms with van der Waals surface area (Å²) in [7, 11) is -1.88. The predicted molar refractivity (Wildman–Crippen MR) is 113 cm³/mol. The number of nitrogens with zero attached hydrogens (tertiary/aromatic N) is 3. The molecule has 11 nitrogen and oxygen atoms in total. The number of carboxylic acids is 2. The van der Waals surface area contributed by atoms with Crippen molar-refractivity contribution < 1.29 is 59.4 Å². The van der Waals surface area contributed by atoms with Crippen LogP contribution in [0.4, 0.5) is 26.3 Å². The zero-order valence-electron chi connectivity index (χ0n) is 19.3. The maximum atomic E-state index is 12.2. The van der Waals surface area contributed by atoms with Crippen molar-refractivity contribution in [1.29, 1.82) is 0 Å². The molecule has 3 N–H and O–H groups in total. The Labute approximate surface area is 207 Å². The topological polar surface area (TPSA) is 157 Å². The van der Waals surface area contributed by atoms with Crippen LogP contribution in [0.3, 0.4) is 0 Å². The van der Waals surface area contributed by atoms with E-state index in [0.717, 1.165) is 18.7 Å². The number of carboxylic acid groups (broad SMARTS) is 2. The number of likely N-dealkylation sites (tertiary alicyclic amines) is 1. The number of pyridine rings is 1. The molecule has 0 bridgehead atoms. The number of hydrogen-bond acceptors (Lipinski definition) is 7. The number of fused-ring (bicyclic) bond motifs is 1. The molecule has 2 fully saturated rings. The summed E-state index contributed by atoms with van der Waals surface area (Å²) in [6, 6.07) is 3.22. The van der Waals surface area contributed by atoms with Crippen molar-refractivity contribution in [3.8, 4) is 0 Å². The highest BCUT2D eigenvalue weighted by atomic mass is 32.2. The molecule has 0 aliphatic carbocycles. The SMILES string of the molecule is CNC(=O)[C@H]1C[C@@H]2CN(Cc3cccnc3)C[C@@H]2N1S(C)(=O)=O.O=C(O)C(F)(F)F.O=C(O)C(F)(F)F. The number of carbonyl (C=O) groups excluding carboxylic acids is 1. The van der Waals surface area contributed by atoms with Gasteiger partial charge < -0.3 is 15.5 Å². The highest BCUT2D eigenvalue weighted by molar-refractivity contribution is 7.88. The summed E-state index contributed by atoms with van der Waals surface area (Å²) in [6.07, 6.45) is -4.83. The van der Waals surface area contributed by atoms with E-state index in [9.17, 15) is 39.6 Å². The minimum absolute atomic E-state index is 0.121. The molecule has 1 aromatic heterocycles. The second kappa shape index (κ2) is 12.5. The van der Waals surface area contributed by atoms with Gasteiger partial charge in [-0.3, -0.25) is 14.7 Å². The number of likely N-dealkylation sites (N-methyl/N-ethyl adjacent to an activating group) is 1.